The topological polar surface area (TPSA) is 61.8 Å². The molecule has 0 spiro atoms. The molecule has 0 unspecified atom stereocenters. The zero-order chi connectivity index (χ0) is 22.6. The second-order valence-corrected chi connectivity index (χ2v) is 9.15. The van der Waals surface area contributed by atoms with Crippen molar-refractivity contribution < 1.29 is 17.2 Å². The van der Waals surface area contributed by atoms with Crippen molar-refractivity contribution in [3.05, 3.63) is 90.0 Å². The molecule has 0 amide bonds. The molecule has 1 N–H and O–H groups in total. The number of hydrogen-bond donors (Lipinski definition) is 1. The van der Waals surface area contributed by atoms with Gasteiger partial charge in [0.05, 0.1) is 0 Å². The van der Waals surface area contributed by atoms with Crippen LogP contribution >= 0.6 is 0 Å². The van der Waals surface area contributed by atoms with Crippen LogP contribution in [0.1, 0.15) is 24.8 Å². The second-order valence-electron chi connectivity index (χ2n) is 7.58. The van der Waals surface area contributed by atoms with Gasteiger partial charge >= 0.3 is 0 Å². The van der Waals surface area contributed by atoms with Crippen LogP contribution in [0.15, 0.2) is 82.1 Å². The van der Waals surface area contributed by atoms with Crippen molar-refractivity contribution in [3.8, 4) is 0 Å². The van der Waals surface area contributed by atoms with Crippen molar-refractivity contribution >= 4 is 27.2 Å². The van der Waals surface area contributed by atoms with E-state index in [1.54, 1.807) is 30.3 Å². The Balaban J connectivity index is 1.66. The van der Waals surface area contributed by atoms with Gasteiger partial charge in [0.15, 0.2) is 5.84 Å². The molecule has 166 valence electrons. The Morgan fingerprint density at radius 1 is 0.875 bits per heavy atom. The number of piperidine rings is 1. The molecule has 0 saturated carbocycles. The van der Waals surface area contributed by atoms with Gasteiger partial charge in [0.1, 0.15) is 16.5 Å². The van der Waals surface area contributed by atoms with E-state index in [4.69, 9.17) is 0 Å². The highest BCUT2D eigenvalue weighted by molar-refractivity contribution is 7.90. The highest BCUT2D eigenvalue weighted by Crippen LogP contribution is 2.23. The van der Waals surface area contributed by atoms with E-state index in [-0.39, 0.29) is 5.84 Å². The lowest BCUT2D eigenvalue weighted by Gasteiger charge is -2.28. The fourth-order valence-electron chi connectivity index (χ4n) is 3.64. The Bertz CT molecular complexity index is 1210. The van der Waals surface area contributed by atoms with Gasteiger partial charge in [0, 0.05) is 36.1 Å². The van der Waals surface area contributed by atoms with Gasteiger partial charge in [-0.1, -0.05) is 30.3 Å². The monoisotopic (exact) mass is 455 g/mol. The van der Waals surface area contributed by atoms with Gasteiger partial charge in [-0.3, -0.25) is 0 Å². The third kappa shape index (κ3) is 5.13. The number of rotatable bonds is 5. The summed E-state index contributed by atoms with van der Waals surface area (Å²) in [5, 5.41) is 3.04. The number of nitrogens with zero attached hydrogens (tertiary/aromatic N) is 2. The van der Waals surface area contributed by atoms with Crippen LogP contribution in [0.3, 0.4) is 0 Å². The molecule has 0 aliphatic carbocycles. The molecule has 0 atom stereocenters. The molecular weight excluding hydrogens is 432 g/mol. The molecule has 1 heterocycles. The summed E-state index contributed by atoms with van der Waals surface area (Å²) < 4.78 is 56.8. The van der Waals surface area contributed by atoms with Crippen LogP contribution < -0.4 is 10.2 Å². The summed E-state index contributed by atoms with van der Waals surface area (Å²) in [4.78, 5) is 1.64. The van der Waals surface area contributed by atoms with Crippen molar-refractivity contribution in [1.29, 1.82) is 0 Å². The minimum atomic E-state index is -4.42. The highest BCUT2D eigenvalue weighted by Gasteiger charge is 2.21. The molecule has 0 bridgehead atoms. The van der Waals surface area contributed by atoms with Crippen molar-refractivity contribution in [2.75, 3.05) is 23.3 Å². The highest BCUT2D eigenvalue weighted by atomic mass is 32.2. The summed E-state index contributed by atoms with van der Waals surface area (Å²) in [6.07, 6.45) is 3.58. The number of halogens is 2. The fourth-order valence-corrected chi connectivity index (χ4v) is 4.68. The van der Waals surface area contributed by atoms with Crippen LogP contribution in [0.25, 0.3) is 0 Å². The van der Waals surface area contributed by atoms with E-state index in [9.17, 15) is 17.2 Å². The van der Waals surface area contributed by atoms with Crippen LogP contribution in [0.2, 0.25) is 0 Å². The summed E-state index contributed by atoms with van der Waals surface area (Å²) in [6.45, 7) is 2.04. The average molecular weight is 456 g/mol. The van der Waals surface area contributed by atoms with Crippen molar-refractivity contribution in [2.24, 2.45) is 4.40 Å². The first kappa shape index (κ1) is 22.0. The summed E-state index contributed by atoms with van der Waals surface area (Å²) in [5.41, 5.74) is 2.26. The van der Waals surface area contributed by atoms with Gasteiger partial charge in [0.2, 0.25) is 0 Å². The first-order valence-corrected chi connectivity index (χ1v) is 11.8. The molecule has 8 heteroatoms. The lowest BCUT2D eigenvalue weighted by Crippen LogP contribution is -2.29. The zero-order valence-electron chi connectivity index (χ0n) is 17.3. The van der Waals surface area contributed by atoms with Gasteiger partial charge < -0.3 is 10.2 Å². The van der Waals surface area contributed by atoms with Crippen LogP contribution in [0, 0.1) is 11.6 Å². The first-order chi connectivity index (χ1) is 15.4. The molecule has 0 aromatic heterocycles. The van der Waals surface area contributed by atoms with E-state index in [1.807, 2.05) is 24.3 Å². The summed E-state index contributed by atoms with van der Waals surface area (Å²) in [7, 11) is -4.42. The van der Waals surface area contributed by atoms with E-state index in [0.29, 0.717) is 17.3 Å². The Morgan fingerprint density at radius 3 is 2.22 bits per heavy atom. The third-order valence-corrected chi connectivity index (χ3v) is 6.59. The lowest BCUT2D eigenvalue weighted by molar-refractivity contribution is 0.550. The number of nitrogens with one attached hydrogen (secondary N) is 1. The van der Waals surface area contributed by atoms with E-state index in [2.05, 4.69) is 14.6 Å². The smallest absolute Gasteiger partial charge is 0.287 e. The molecule has 5 nitrogen and oxygen atoms in total. The number of hydrogen-bond acceptors (Lipinski definition) is 3. The largest absolute Gasteiger partial charge is 0.372 e. The van der Waals surface area contributed by atoms with E-state index in [0.717, 1.165) is 30.9 Å². The molecule has 1 aliphatic rings. The second kappa shape index (κ2) is 9.48. The summed E-state index contributed by atoms with van der Waals surface area (Å²) >= 11 is 0. The maximum Gasteiger partial charge on any atom is 0.287 e. The SMILES string of the molecule is O=S(=O)(N=C(Nc1ccc(N2CCCCC2)cc1)c1ccccc1)c1ccc(F)cc1F. The minimum Gasteiger partial charge on any atom is -0.372 e. The average Bonchev–Trinajstić information content (AvgIpc) is 2.80. The summed E-state index contributed by atoms with van der Waals surface area (Å²) in [5.74, 6) is -2.01. The standard InChI is InChI=1S/C24H23F2N3O2S/c25-19-9-14-23(22(26)17-19)32(30,31)28-24(18-7-3-1-4-8-18)27-20-10-12-21(13-11-20)29-15-5-2-6-16-29/h1,3-4,7-14,17H,2,5-6,15-16H2,(H,27,28). The van der Waals surface area contributed by atoms with Crippen LogP contribution in [-0.4, -0.2) is 27.3 Å². The Kier molecular flexibility index (Phi) is 6.50. The predicted molar refractivity (Wildman–Crippen MR) is 123 cm³/mol. The number of benzene rings is 3. The van der Waals surface area contributed by atoms with Crippen LogP contribution in [0.5, 0.6) is 0 Å². The van der Waals surface area contributed by atoms with Gasteiger partial charge in [-0.25, -0.2) is 8.78 Å². The quantitative estimate of drug-likeness (QED) is 0.424. The summed E-state index contributed by atoms with van der Waals surface area (Å²) in [6, 6.07) is 18.6. The molecule has 32 heavy (non-hydrogen) atoms. The molecule has 0 radical (unpaired) electrons. The minimum absolute atomic E-state index is 0.0417. The predicted octanol–water partition coefficient (Wildman–Crippen LogP) is 5.20. The van der Waals surface area contributed by atoms with Gasteiger partial charge in [0.25, 0.3) is 10.0 Å². The van der Waals surface area contributed by atoms with E-state index < -0.39 is 26.6 Å². The van der Waals surface area contributed by atoms with Crippen molar-refractivity contribution in [2.45, 2.75) is 24.2 Å². The van der Waals surface area contributed by atoms with E-state index >= 15 is 0 Å². The number of amidine groups is 1. The van der Waals surface area contributed by atoms with Crippen LogP contribution in [-0.2, 0) is 10.0 Å². The maximum atomic E-state index is 14.1. The molecule has 1 fully saturated rings. The van der Waals surface area contributed by atoms with Crippen molar-refractivity contribution in [1.82, 2.24) is 0 Å². The van der Waals surface area contributed by atoms with Gasteiger partial charge in [-0.05, 0) is 55.7 Å². The van der Waals surface area contributed by atoms with Gasteiger partial charge in [-0.15, -0.1) is 4.40 Å². The van der Waals surface area contributed by atoms with Gasteiger partial charge in [-0.2, -0.15) is 8.42 Å². The molecule has 1 saturated heterocycles. The van der Waals surface area contributed by atoms with Crippen molar-refractivity contribution in [3.63, 3.8) is 0 Å². The molecule has 1 aliphatic heterocycles. The molecule has 4 rings (SSSR count). The first-order valence-electron chi connectivity index (χ1n) is 10.4. The molecule has 3 aromatic carbocycles. The number of sulfonamides is 1. The lowest BCUT2D eigenvalue weighted by atomic mass is 10.1. The van der Waals surface area contributed by atoms with Crippen LogP contribution in [0.4, 0.5) is 20.2 Å². The third-order valence-electron chi connectivity index (χ3n) is 5.28. The molecule has 3 aromatic rings. The Labute approximate surface area is 186 Å². The Hall–Kier alpha value is -3.26. The Morgan fingerprint density at radius 2 is 1.56 bits per heavy atom. The maximum absolute atomic E-state index is 14.1. The number of anilines is 2. The zero-order valence-corrected chi connectivity index (χ0v) is 18.2. The fraction of sp³-hybridized carbons (Fsp3) is 0.208. The molecular formula is C24H23F2N3O2S. The van der Waals surface area contributed by atoms with E-state index in [1.165, 1.54) is 19.3 Å². The normalized spacial score (nSPS) is 14.9.